The van der Waals surface area contributed by atoms with Crippen LogP contribution in [0.15, 0.2) is 14.6 Å². The number of hydrogen-bond donors (Lipinski definition) is 1. The van der Waals surface area contributed by atoms with Gasteiger partial charge in [-0.25, -0.2) is 14.8 Å². The minimum absolute atomic E-state index is 0.159. The number of nitrogens with zero attached hydrogens (tertiary/aromatic N) is 4. The molecule has 0 fully saturated rings. The molecule has 0 amide bonds. The van der Waals surface area contributed by atoms with Crippen LogP contribution in [0, 0.1) is 6.92 Å². The fourth-order valence-electron chi connectivity index (χ4n) is 1.77. The standard InChI is InChI=1S/C11H12N4O4S/c1-5-12-8-7(9(13-5)20-4-6(16)17)10(18)15(3)11(19)14(8)2/h4H2,1-3H3,(H,16,17). The second-order valence-corrected chi connectivity index (χ2v) is 5.13. The number of thioether (sulfide) groups is 1. The Morgan fingerprint density at radius 2 is 1.90 bits per heavy atom. The molecule has 0 aliphatic carbocycles. The molecule has 2 rings (SSSR count). The monoisotopic (exact) mass is 296 g/mol. The number of carboxylic acids is 1. The highest BCUT2D eigenvalue weighted by molar-refractivity contribution is 8.00. The molecule has 0 aliphatic heterocycles. The second kappa shape index (κ2) is 5.08. The summed E-state index contributed by atoms with van der Waals surface area (Å²) in [6.45, 7) is 1.62. The Balaban J connectivity index is 2.85. The molecule has 0 aromatic carbocycles. The van der Waals surface area contributed by atoms with Gasteiger partial charge in [-0.05, 0) is 6.92 Å². The number of carbonyl (C=O) groups is 1. The molecule has 9 heteroatoms. The van der Waals surface area contributed by atoms with E-state index in [1.165, 1.54) is 18.7 Å². The zero-order chi connectivity index (χ0) is 15.0. The third kappa shape index (κ3) is 2.31. The maximum Gasteiger partial charge on any atom is 0.332 e. The van der Waals surface area contributed by atoms with Gasteiger partial charge in [-0.1, -0.05) is 11.8 Å². The van der Waals surface area contributed by atoms with Gasteiger partial charge in [0.05, 0.1) is 5.75 Å². The lowest BCUT2D eigenvalue weighted by Gasteiger charge is -2.09. The Morgan fingerprint density at radius 1 is 1.25 bits per heavy atom. The van der Waals surface area contributed by atoms with Gasteiger partial charge in [0.15, 0.2) is 5.65 Å². The van der Waals surface area contributed by atoms with Gasteiger partial charge in [0, 0.05) is 14.1 Å². The average Bonchev–Trinajstić information content (AvgIpc) is 2.39. The molecule has 106 valence electrons. The molecule has 8 nitrogen and oxygen atoms in total. The topological polar surface area (TPSA) is 107 Å². The maximum atomic E-state index is 12.2. The van der Waals surface area contributed by atoms with Crippen LogP contribution in [0.4, 0.5) is 0 Å². The third-order valence-electron chi connectivity index (χ3n) is 2.71. The highest BCUT2D eigenvalue weighted by atomic mass is 32.2. The van der Waals surface area contributed by atoms with E-state index in [0.717, 1.165) is 16.3 Å². The molecular weight excluding hydrogens is 284 g/mol. The number of fused-ring (bicyclic) bond motifs is 1. The molecule has 0 atom stereocenters. The van der Waals surface area contributed by atoms with Gasteiger partial charge in [0.25, 0.3) is 5.56 Å². The first-order valence-corrected chi connectivity index (χ1v) is 6.60. The summed E-state index contributed by atoms with van der Waals surface area (Å²) < 4.78 is 2.20. The van der Waals surface area contributed by atoms with Crippen LogP contribution in [-0.4, -0.2) is 35.9 Å². The van der Waals surface area contributed by atoms with Crippen molar-refractivity contribution < 1.29 is 9.90 Å². The number of hydrogen-bond acceptors (Lipinski definition) is 6. The fraction of sp³-hybridized carbons (Fsp3) is 0.364. The smallest absolute Gasteiger partial charge is 0.332 e. The van der Waals surface area contributed by atoms with Crippen molar-refractivity contribution in [2.24, 2.45) is 14.1 Å². The minimum Gasteiger partial charge on any atom is -0.481 e. The van der Waals surface area contributed by atoms with E-state index >= 15 is 0 Å². The number of aromatic nitrogens is 4. The summed E-state index contributed by atoms with van der Waals surface area (Å²) >= 11 is 0.930. The molecule has 0 aliphatic rings. The van der Waals surface area contributed by atoms with Crippen LogP contribution in [0.25, 0.3) is 11.0 Å². The van der Waals surface area contributed by atoms with Crippen LogP contribution in [0.1, 0.15) is 5.82 Å². The second-order valence-electron chi connectivity index (χ2n) is 4.16. The van der Waals surface area contributed by atoms with Gasteiger partial charge in [-0.15, -0.1) is 0 Å². The van der Waals surface area contributed by atoms with E-state index in [4.69, 9.17) is 5.11 Å². The third-order valence-corrected chi connectivity index (χ3v) is 3.67. The van der Waals surface area contributed by atoms with Crippen molar-refractivity contribution in [1.29, 1.82) is 0 Å². The van der Waals surface area contributed by atoms with Gasteiger partial charge in [-0.3, -0.25) is 18.7 Å². The Kier molecular flexibility index (Phi) is 3.62. The fourth-order valence-corrected chi connectivity index (χ4v) is 2.55. The quantitative estimate of drug-likeness (QED) is 0.601. The Hall–Kier alpha value is -2.16. The first-order valence-electron chi connectivity index (χ1n) is 5.62. The highest BCUT2D eigenvalue weighted by Gasteiger charge is 2.16. The van der Waals surface area contributed by atoms with Gasteiger partial charge in [0.1, 0.15) is 16.2 Å². The average molecular weight is 296 g/mol. The van der Waals surface area contributed by atoms with E-state index in [9.17, 15) is 14.4 Å². The van der Waals surface area contributed by atoms with Crippen molar-refractivity contribution in [3.8, 4) is 0 Å². The normalized spacial score (nSPS) is 10.9. The van der Waals surface area contributed by atoms with E-state index in [-0.39, 0.29) is 21.8 Å². The first-order chi connectivity index (χ1) is 9.32. The van der Waals surface area contributed by atoms with Crippen LogP contribution in [0.5, 0.6) is 0 Å². The van der Waals surface area contributed by atoms with Crippen LogP contribution in [0.2, 0.25) is 0 Å². The summed E-state index contributed by atoms with van der Waals surface area (Å²) in [6.07, 6.45) is 0. The minimum atomic E-state index is -1.01. The Bertz CT molecular complexity index is 824. The van der Waals surface area contributed by atoms with Crippen molar-refractivity contribution >= 4 is 28.8 Å². The van der Waals surface area contributed by atoms with Gasteiger partial charge in [0.2, 0.25) is 0 Å². The van der Waals surface area contributed by atoms with Crippen molar-refractivity contribution in [1.82, 2.24) is 19.1 Å². The SMILES string of the molecule is Cc1nc(SCC(=O)O)c2c(=O)n(C)c(=O)n(C)c2n1. The molecule has 0 spiro atoms. The van der Waals surface area contributed by atoms with Gasteiger partial charge in [-0.2, -0.15) is 0 Å². The van der Waals surface area contributed by atoms with Crippen molar-refractivity contribution in [2.45, 2.75) is 11.9 Å². The highest BCUT2D eigenvalue weighted by Crippen LogP contribution is 2.21. The Labute approximate surface area is 117 Å². The molecule has 2 aromatic heterocycles. The molecule has 2 aromatic rings. The predicted molar refractivity (Wildman–Crippen MR) is 73.1 cm³/mol. The van der Waals surface area contributed by atoms with Crippen LogP contribution < -0.4 is 11.2 Å². The molecule has 1 N–H and O–H groups in total. The van der Waals surface area contributed by atoms with Crippen LogP contribution >= 0.6 is 11.8 Å². The van der Waals surface area contributed by atoms with E-state index in [0.29, 0.717) is 5.82 Å². The predicted octanol–water partition coefficient (Wildman–Crippen LogP) is -0.488. The Morgan fingerprint density at radius 3 is 2.50 bits per heavy atom. The number of rotatable bonds is 3. The molecule has 0 unspecified atom stereocenters. The summed E-state index contributed by atoms with van der Waals surface area (Å²) in [7, 11) is 2.86. The van der Waals surface area contributed by atoms with Crippen molar-refractivity contribution in [2.75, 3.05) is 5.75 Å². The number of carboxylic acid groups (broad SMARTS) is 1. The molecule has 20 heavy (non-hydrogen) atoms. The summed E-state index contributed by atoms with van der Waals surface area (Å²) in [6, 6.07) is 0. The number of aliphatic carboxylic acids is 1. The van der Waals surface area contributed by atoms with E-state index in [1.807, 2.05) is 0 Å². The summed E-state index contributed by atoms with van der Waals surface area (Å²) in [5, 5.41) is 9.16. The summed E-state index contributed by atoms with van der Waals surface area (Å²) in [4.78, 5) is 42.9. The zero-order valence-corrected chi connectivity index (χ0v) is 11.9. The summed E-state index contributed by atoms with van der Waals surface area (Å²) in [5.74, 6) is -0.868. The lowest BCUT2D eigenvalue weighted by atomic mass is 10.4. The van der Waals surface area contributed by atoms with Crippen LogP contribution in [-0.2, 0) is 18.9 Å². The maximum absolute atomic E-state index is 12.2. The molecule has 0 radical (unpaired) electrons. The molecule has 0 saturated carbocycles. The largest absolute Gasteiger partial charge is 0.481 e. The van der Waals surface area contributed by atoms with Gasteiger partial charge >= 0.3 is 11.7 Å². The molecule has 0 bridgehead atoms. The van der Waals surface area contributed by atoms with Gasteiger partial charge < -0.3 is 5.11 Å². The van der Waals surface area contributed by atoms with E-state index in [1.54, 1.807) is 6.92 Å². The summed E-state index contributed by atoms with van der Waals surface area (Å²) in [5.41, 5.74) is -0.815. The lowest BCUT2D eigenvalue weighted by molar-refractivity contribution is -0.133. The zero-order valence-electron chi connectivity index (χ0n) is 11.1. The molecule has 0 saturated heterocycles. The van der Waals surface area contributed by atoms with Crippen LogP contribution in [0.3, 0.4) is 0 Å². The van der Waals surface area contributed by atoms with Crippen molar-refractivity contribution in [3.63, 3.8) is 0 Å². The first kappa shape index (κ1) is 14.3. The van der Waals surface area contributed by atoms with E-state index in [2.05, 4.69) is 9.97 Å². The van der Waals surface area contributed by atoms with Crippen molar-refractivity contribution in [3.05, 3.63) is 26.7 Å². The lowest BCUT2D eigenvalue weighted by Crippen LogP contribution is -2.37. The molecular formula is C11H12N4O4S. The number of aryl methyl sites for hydroxylation is 2. The molecule has 2 heterocycles. The van der Waals surface area contributed by atoms with E-state index < -0.39 is 17.2 Å².